The van der Waals surface area contributed by atoms with Gasteiger partial charge in [0.15, 0.2) is 0 Å². The second-order valence-corrected chi connectivity index (χ2v) is 2.54. The Kier molecular flexibility index (Phi) is 9.50. The van der Waals surface area contributed by atoms with Gasteiger partial charge in [-0.1, -0.05) is 0 Å². The van der Waals surface area contributed by atoms with Crippen molar-refractivity contribution in [3.05, 3.63) is 0 Å². The molecule has 0 saturated carbocycles. The highest BCUT2D eigenvalue weighted by Gasteiger charge is 1.95. The number of carboxylic acid groups (broad SMARTS) is 2. The van der Waals surface area contributed by atoms with Crippen molar-refractivity contribution in [3.63, 3.8) is 0 Å². The molecule has 0 amide bonds. The lowest BCUT2D eigenvalue weighted by molar-refractivity contribution is -0.415. The fourth-order valence-corrected chi connectivity index (χ4v) is 0.222. The average molecular weight is 178 g/mol. The zero-order chi connectivity index (χ0) is 10.1. The van der Waals surface area contributed by atoms with E-state index in [0.29, 0.717) is 0 Å². The molecule has 0 rings (SSSR count). The van der Waals surface area contributed by atoms with Crippen molar-refractivity contribution < 1.29 is 24.8 Å². The molecule has 12 heavy (non-hydrogen) atoms. The highest BCUT2D eigenvalue weighted by atomic mass is 17.2. The first-order valence-corrected chi connectivity index (χ1v) is 3.56. The summed E-state index contributed by atoms with van der Waals surface area (Å²) in [4.78, 5) is 17.9. The molecule has 0 bridgehead atoms. The molecule has 0 heterocycles. The minimum Gasteiger partial charge on any atom is -0.652 e. The van der Waals surface area contributed by atoms with Crippen LogP contribution < -0.4 is 10.2 Å². The monoisotopic (exact) mass is 178 g/mol. The largest absolute Gasteiger partial charge is 0.652 e. The third kappa shape index (κ3) is 35.1. The predicted octanol–water partition coefficient (Wildman–Crippen LogP) is -0.696. The molecule has 0 atom stereocenters. The second kappa shape index (κ2) is 8.29. The van der Waals surface area contributed by atoms with Gasteiger partial charge in [-0.25, -0.2) is 9.78 Å². The van der Waals surface area contributed by atoms with Crippen molar-refractivity contribution in [2.24, 2.45) is 0 Å². The smallest absolute Gasteiger partial charge is 0.0874 e. The molecule has 0 aliphatic rings. The molecule has 5 nitrogen and oxygen atoms in total. The molecule has 0 aliphatic heterocycles. The van der Waals surface area contributed by atoms with Crippen LogP contribution in [0.1, 0.15) is 27.7 Å². The van der Waals surface area contributed by atoms with E-state index in [9.17, 15) is 0 Å². The fraction of sp³-hybridized carbons (Fsp3) is 0.857. The van der Waals surface area contributed by atoms with Gasteiger partial charge < -0.3 is 15.0 Å². The summed E-state index contributed by atoms with van der Waals surface area (Å²) in [5.41, 5.74) is 0. The van der Waals surface area contributed by atoms with E-state index < -0.39 is 6.16 Å². The Bertz CT molecular complexity index is 98.4. The molecule has 0 unspecified atom stereocenters. The van der Waals surface area contributed by atoms with Gasteiger partial charge in [-0.15, -0.1) is 0 Å². The van der Waals surface area contributed by atoms with E-state index >= 15 is 0 Å². The van der Waals surface area contributed by atoms with Gasteiger partial charge in [0.1, 0.15) is 0 Å². The van der Waals surface area contributed by atoms with Crippen LogP contribution in [0.25, 0.3) is 0 Å². The summed E-state index contributed by atoms with van der Waals surface area (Å²) in [5.74, 6) is 0. The van der Waals surface area contributed by atoms with Crippen molar-refractivity contribution >= 4 is 6.16 Å². The lowest BCUT2D eigenvalue weighted by atomic mass is 10.5. The molecule has 0 aliphatic carbocycles. The summed E-state index contributed by atoms with van der Waals surface area (Å²) in [5, 5.41) is 16.7. The normalized spacial score (nSPS) is 9.50. The first-order chi connectivity index (χ1) is 5.36. The zero-order valence-electron chi connectivity index (χ0n) is 7.70. The maximum atomic E-state index is 8.33. The van der Waals surface area contributed by atoms with E-state index in [-0.39, 0.29) is 12.2 Å². The third-order valence-corrected chi connectivity index (χ3v) is 0.440. The Hall–Kier alpha value is -0.810. The summed E-state index contributed by atoms with van der Waals surface area (Å²) in [7, 11) is 0. The van der Waals surface area contributed by atoms with Gasteiger partial charge in [0.05, 0.1) is 12.2 Å². The Morgan fingerprint density at radius 2 is 1.17 bits per heavy atom. The highest BCUT2D eigenvalue weighted by molar-refractivity contribution is 5.47. The van der Waals surface area contributed by atoms with E-state index in [2.05, 4.69) is 0 Å². The fourth-order valence-electron chi connectivity index (χ4n) is 0.222. The van der Waals surface area contributed by atoms with Crippen molar-refractivity contribution in [2.45, 2.75) is 39.9 Å². The molecule has 0 saturated heterocycles. The van der Waals surface area contributed by atoms with Gasteiger partial charge in [0.2, 0.25) is 0 Å². The van der Waals surface area contributed by atoms with Crippen LogP contribution in [0.4, 0.5) is 4.79 Å². The van der Waals surface area contributed by atoms with E-state index in [1.54, 1.807) is 0 Å². The standard InChI is InChI=1S/C6H14O2.CH2O3/c1-5(2)7-8-6(3)4;2-1(3)4/h5-6H,1-4H3;(H2,2,3,4)/p-2. The lowest BCUT2D eigenvalue weighted by Gasteiger charge is -2.08. The second-order valence-electron chi connectivity index (χ2n) is 2.54. The van der Waals surface area contributed by atoms with Gasteiger partial charge in [-0.05, 0) is 33.9 Å². The zero-order valence-corrected chi connectivity index (χ0v) is 7.70. The molecular weight excluding hydrogens is 164 g/mol. The number of rotatable bonds is 3. The molecule has 74 valence electrons. The maximum absolute atomic E-state index is 8.33. The van der Waals surface area contributed by atoms with Crippen molar-refractivity contribution in [1.82, 2.24) is 0 Å². The first kappa shape index (κ1) is 13.8. The minimum absolute atomic E-state index is 0.164. The third-order valence-electron chi connectivity index (χ3n) is 0.440. The van der Waals surface area contributed by atoms with Crippen LogP contribution in [0.5, 0.6) is 0 Å². The molecule has 0 aromatic rings. The van der Waals surface area contributed by atoms with E-state index in [4.69, 9.17) is 24.8 Å². The topological polar surface area (TPSA) is 81.7 Å². The molecule has 0 N–H and O–H groups in total. The number of carbonyl (C=O) groups is 1. The highest BCUT2D eigenvalue weighted by Crippen LogP contribution is 1.93. The Labute approximate surface area is 71.8 Å². The SMILES string of the molecule is CC(C)OOC(C)C.O=C([O-])[O-]. The van der Waals surface area contributed by atoms with Crippen LogP contribution in [0.15, 0.2) is 0 Å². The molecular formula is C7H14O5-2. The molecule has 0 radical (unpaired) electrons. The number of hydrogen-bond acceptors (Lipinski definition) is 5. The molecule has 0 spiro atoms. The van der Waals surface area contributed by atoms with Crippen LogP contribution in [-0.4, -0.2) is 18.4 Å². The Balaban J connectivity index is 0. The summed E-state index contributed by atoms with van der Waals surface area (Å²) in [6.45, 7) is 7.73. The van der Waals surface area contributed by atoms with E-state index in [0.717, 1.165) is 0 Å². The van der Waals surface area contributed by atoms with Crippen LogP contribution >= 0.6 is 0 Å². The van der Waals surface area contributed by atoms with E-state index in [1.807, 2.05) is 27.7 Å². The van der Waals surface area contributed by atoms with Crippen LogP contribution in [-0.2, 0) is 9.78 Å². The predicted molar refractivity (Wildman–Crippen MR) is 37.8 cm³/mol. The van der Waals surface area contributed by atoms with Gasteiger partial charge in [-0.2, -0.15) is 0 Å². The van der Waals surface area contributed by atoms with Crippen molar-refractivity contribution in [2.75, 3.05) is 0 Å². The van der Waals surface area contributed by atoms with Gasteiger partial charge in [0.25, 0.3) is 0 Å². The molecule has 0 fully saturated rings. The summed E-state index contributed by atoms with van der Waals surface area (Å²) < 4.78 is 0. The molecule has 0 aromatic carbocycles. The Morgan fingerprint density at radius 3 is 1.25 bits per heavy atom. The first-order valence-electron chi connectivity index (χ1n) is 3.56. The van der Waals surface area contributed by atoms with Gasteiger partial charge >= 0.3 is 0 Å². The van der Waals surface area contributed by atoms with Crippen LogP contribution in [0.2, 0.25) is 0 Å². The summed E-state index contributed by atoms with van der Waals surface area (Å²) >= 11 is 0. The number of carbonyl (C=O) groups excluding carboxylic acids is 1. The van der Waals surface area contributed by atoms with Gasteiger partial charge in [0, 0.05) is 0 Å². The molecule has 5 heteroatoms. The molecule has 0 aromatic heterocycles. The van der Waals surface area contributed by atoms with E-state index in [1.165, 1.54) is 0 Å². The summed E-state index contributed by atoms with van der Waals surface area (Å²) in [6, 6.07) is 0. The van der Waals surface area contributed by atoms with Crippen molar-refractivity contribution in [1.29, 1.82) is 0 Å². The number of hydrogen-bond donors (Lipinski definition) is 0. The Morgan fingerprint density at radius 1 is 1.00 bits per heavy atom. The maximum Gasteiger partial charge on any atom is 0.0874 e. The van der Waals surface area contributed by atoms with Gasteiger partial charge in [-0.3, -0.25) is 0 Å². The lowest BCUT2D eigenvalue weighted by Crippen LogP contribution is -2.37. The van der Waals surface area contributed by atoms with Crippen LogP contribution in [0, 0.1) is 0 Å². The quantitative estimate of drug-likeness (QED) is 0.421. The minimum atomic E-state index is -2.33. The van der Waals surface area contributed by atoms with Crippen LogP contribution in [0.3, 0.4) is 0 Å². The summed E-state index contributed by atoms with van der Waals surface area (Å²) in [6.07, 6.45) is -2.00. The average Bonchev–Trinajstić information content (AvgIpc) is 1.82. The van der Waals surface area contributed by atoms with Crippen molar-refractivity contribution in [3.8, 4) is 0 Å².